The van der Waals surface area contributed by atoms with E-state index < -0.39 is 42.1 Å². The molecule has 34 heavy (non-hydrogen) atoms. The van der Waals surface area contributed by atoms with Gasteiger partial charge in [0.15, 0.2) is 12.1 Å². The zero-order chi connectivity index (χ0) is 23.8. The number of rotatable bonds is 7. The molecule has 3 aromatic rings. The van der Waals surface area contributed by atoms with Crippen molar-refractivity contribution >= 4 is 0 Å². The van der Waals surface area contributed by atoms with Gasteiger partial charge in [-0.1, -0.05) is 91.0 Å². The summed E-state index contributed by atoms with van der Waals surface area (Å²) >= 11 is 0. The zero-order valence-corrected chi connectivity index (χ0v) is 19.3. The molecule has 6 nitrogen and oxygen atoms in total. The molecule has 2 N–H and O–H groups in total. The third-order valence-electron chi connectivity index (χ3n) is 6.44. The van der Waals surface area contributed by atoms with E-state index in [0.717, 1.165) is 16.7 Å². The van der Waals surface area contributed by atoms with Crippen molar-refractivity contribution in [2.24, 2.45) is 0 Å². The first-order valence-electron chi connectivity index (χ1n) is 11.6. The largest absolute Gasteiger partial charge is 0.388 e. The molecule has 3 aromatic carbocycles. The predicted molar refractivity (Wildman–Crippen MR) is 126 cm³/mol. The second kappa shape index (κ2) is 9.23. The summed E-state index contributed by atoms with van der Waals surface area (Å²) in [5.41, 5.74) is 1.81. The lowest BCUT2D eigenvalue weighted by Crippen LogP contribution is -2.45. The van der Waals surface area contributed by atoms with Crippen LogP contribution in [0.15, 0.2) is 91.0 Å². The molecule has 2 aliphatic heterocycles. The molecule has 0 saturated carbocycles. The number of aliphatic hydroxyl groups excluding tert-OH is 2. The van der Waals surface area contributed by atoms with Crippen LogP contribution in [-0.2, 0) is 24.5 Å². The predicted octanol–water partition coefficient (Wildman–Crippen LogP) is 3.59. The molecule has 0 aromatic heterocycles. The van der Waals surface area contributed by atoms with Crippen molar-refractivity contribution in [2.45, 2.75) is 55.9 Å². The van der Waals surface area contributed by atoms with Crippen LogP contribution in [0, 0.1) is 0 Å². The van der Waals surface area contributed by atoms with Crippen LogP contribution in [0.25, 0.3) is 0 Å². The van der Waals surface area contributed by atoms with Gasteiger partial charge in [-0.2, -0.15) is 0 Å². The Balaban J connectivity index is 1.46. The number of hydrogen-bond acceptors (Lipinski definition) is 6. The summed E-state index contributed by atoms with van der Waals surface area (Å²) in [7, 11) is 0. The molecule has 2 saturated heterocycles. The van der Waals surface area contributed by atoms with Crippen molar-refractivity contribution in [1.82, 2.24) is 0 Å². The van der Waals surface area contributed by atoms with Crippen LogP contribution in [0.1, 0.15) is 30.5 Å². The molecular weight excluding hydrogens is 432 g/mol. The average Bonchev–Trinajstić information content (AvgIpc) is 3.33. The van der Waals surface area contributed by atoms with E-state index in [1.54, 1.807) is 13.8 Å². The molecule has 6 heteroatoms. The summed E-state index contributed by atoms with van der Waals surface area (Å²) < 4.78 is 24.0. The maximum Gasteiger partial charge on any atom is 0.190 e. The Morgan fingerprint density at radius 3 is 1.74 bits per heavy atom. The Bertz CT molecular complexity index is 975. The van der Waals surface area contributed by atoms with Crippen molar-refractivity contribution in [3.8, 4) is 0 Å². The molecule has 0 aliphatic carbocycles. The Kier molecular flexibility index (Phi) is 6.29. The quantitative estimate of drug-likeness (QED) is 0.523. The van der Waals surface area contributed by atoms with E-state index in [-0.39, 0.29) is 6.61 Å². The van der Waals surface area contributed by atoms with Gasteiger partial charge in [-0.15, -0.1) is 0 Å². The van der Waals surface area contributed by atoms with Crippen LogP contribution in [-0.4, -0.2) is 53.3 Å². The van der Waals surface area contributed by atoms with Crippen molar-refractivity contribution in [3.63, 3.8) is 0 Å². The average molecular weight is 463 g/mol. The fraction of sp³-hybridized carbons (Fsp3) is 0.357. The van der Waals surface area contributed by atoms with Crippen LogP contribution in [0.2, 0.25) is 0 Å². The Labute approximate surface area is 199 Å². The molecule has 0 bridgehead atoms. The van der Waals surface area contributed by atoms with Gasteiger partial charge in [0.2, 0.25) is 0 Å². The lowest BCUT2D eigenvalue weighted by molar-refractivity contribution is -0.230. The normalized spacial score (nSPS) is 26.8. The molecule has 2 heterocycles. The van der Waals surface area contributed by atoms with Gasteiger partial charge in [0, 0.05) is 0 Å². The second-order valence-electron chi connectivity index (χ2n) is 9.22. The van der Waals surface area contributed by atoms with Gasteiger partial charge in [0.05, 0.1) is 6.61 Å². The highest BCUT2D eigenvalue weighted by Gasteiger charge is 2.56. The first-order valence-corrected chi connectivity index (χ1v) is 11.6. The van der Waals surface area contributed by atoms with Gasteiger partial charge in [-0.3, -0.25) is 0 Å². The highest BCUT2D eigenvalue weighted by atomic mass is 16.8. The summed E-state index contributed by atoms with van der Waals surface area (Å²) in [6.07, 6.45) is -4.42. The molecule has 0 radical (unpaired) electrons. The molecule has 178 valence electrons. The third-order valence-corrected chi connectivity index (χ3v) is 6.44. The van der Waals surface area contributed by atoms with E-state index in [9.17, 15) is 10.2 Å². The number of fused-ring (bicyclic) bond motifs is 1. The topological polar surface area (TPSA) is 77.4 Å². The smallest absolute Gasteiger partial charge is 0.190 e. The van der Waals surface area contributed by atoms with E-state index in [1.165, 1.54) is 0 Å². The monoisotopic (exact) mass is 462 g/mol. The first kappa shape index (κ1) is 23.2. The van der Waals surface area contributed by atoms with Crippen molar-refractivity contribution < 1.29 is 29.2 Å². The number of hydrogen-bond donors (Lipinski definition) is 2. The molecule has 5 atom stereocenters. The maximum absolute atomic E-state index is 11.1. The molecular formula is C28H30O6. The minimum absolute atomic E-state index is 0.0801. The Morgan fingerprint density at radius 1 is 0.824 bits per heavy atom. The summed E-state index contributed by atoms with van der Waals surface area (Å²) in [5, 5.41) is 21.9. The maximum atomic E-state index is 11.1. The Hall–Kier alpha value is -2.58. The Morgan fingerprint density at radius 2 is 1.29 bits per heavy atom. The minimum Gasteiger partial charge on any atom is -0.388 e. The molecule has 0 unspecified atom stereocenters. The minimum atomic E-state index is -1.11. The van der Waals surface area contributed by atoms with E-state index in [0.29, 0.717) is 0 Å². The molecule has 2 aliphatic rings. The van der Waals surface area contributed by atoms with Crippen molar-refractivity contribution in [1.29, 1.82) is 0 Å². The second-order valence-corrected chi connectivity index (χ2v) is 9.22. The lowest BCUT2D eigenvalue weighted by atomic mass is 9.80. The van der Waals surface area contributed by atoms with Crippen molar-refractivity contribution in [2.75, 3.05) is 6.61 Å². The third kappa shape index (κ3) is 4.18. The van der Waals surface area contributed by atoms with Crippen LogP contribution in [0.4, 0.5) is 0 Å². The molecule has 0 amide bonds. The van der Waals surface area contributed by atoms with E-state index in [1.807, 2.05) is 91.0 Å². The SMILES string of the molecule is CC1(C)O[C@H]2O[C@@H]([C@H](O)COC(c3ccccc3)(c3ccccc3)c3ccccc3)[C@@H](O)[C@H]2O1. The van der Waals surface area contributed by atoms with Gasteiger partial charge in [-0.05, 0) is 30.5 Å². The van der Waals surface area contributed by atoms with Gasteiger partial charge in [-0.25, -0.2) is 0 Å². The zero-order valence-electron chi connectivity index (χ0n) is 19.3. The highest BCUT2D eigenvalue weighted by molar-refractivity contribution is 5.47. The number of aliphatic hydroxyl groups is 2. The molecule has 0 spiro atoms. The lowest BCUT2D eigenvalue weighted by Gasteiger charge is -2.37. The summed E-state index contributed by atoms with van der Waals surface area (Å²) in [6, 6.07) is 29.8. The molecule has 2 fully saturated rings. The van der Waals surface area contributed by atoms with Crippen LogP contribution >= 0.6 is 0 Å². The number of benzene rings is 3. The summed E-state index contributed by atoms with van der Waals surface area (Å²) in [4.78, 5) is 0. The van der Waals surface area contributed by atoms with Gasteiger partial charge < -0.3 is 29.2 Å². The van der Waals surface area contributed by atoms with Crippen LogP contribution in [0.3, 0.4) is 0 Å². The van der Waals surface area contributed by atoms with E-state index >= 15 is 0 Å². The molecule has 5 rings (SSSR count). The fourth-order valence-corrected chi connectivity index (χ4v) is 4.91. The van der Waals surface area contributed by atoms with Crippen LogP contribution in [0.5, 0.6) is 0 Å². The fourth-order valence-electron chi connectivity index (χ4n) is 4.91. The van der Waals surface area contributed by atoms with Crippen LogP contribution < -0.4 is 0 Å². The van der Waals surface area contributed by atoms with E-state index in [4.69, 9.17) is 18.9 Å². The van der Waals surface area contributed by atoms with E-state index in [2.05, 4.69) is 0 Å². The summed E-state index contributed by atoms with van der Waals surface area (Å²) in [6.45, 7) is 3.46. The summed E-state index contributed by atoms with van der Waals surface area (Å²) in [5.74, 6) is -0.841. The number of ether oxygens (including phenoxy) is 4. The van der Waals surface area contributed by atoms with Gasteiger partial charge in [0.1, 0.15) is 30.0 Å². The van der Waals surface area contributed by atoms with Crippen molar-refractivity contribution in [3.05, 3.63) is 108 Å². The van der Waals surface area contributed by atoms with Gasteiger partial charge >= 0.3 is 0 Å². The first-order chi connectivity index (χ1) is 16.4. The van der Waals surface area contributed by atoms with Gasteiger partial charge in [0.25, 0.3) is 0 Å². The highest BCUT2D eigenvalue weighted by Crippen LogP contribution is 2.42. The standard InChI is InChI=1S/C28H30O6/c1-27(2)33-25-23(30)24(32-26(25)34-27)22(29)18-31-28(19-12-6-3-7-13-19,20-14-8-4-9-15-20)21-16-10-5-11-17-21/h3-17,22-26,29-30H,18H2,1-2H3/t22-,23-,24+,25-,26-/m1/s1.